The van der Waals surface area contributed by atoms with E-state index in [-0.39, 0.29) is 24.5 Å². The van der Waals surface area contributed by atoms with Gasteiger partial charge in [0.1, 0.15) is 25.4 Å². The second-order valence-corrected chi connectivity index (χ2v) is 11.5. The molecule has 0 saturated carbocycles. The maximum Gasteiger partial charge on any atom is 0.322 e. The first-order valence-corrected chi connectivity index (χ1v) is 17.6. The van der Waals surface area contributed by atoms with Crippen molar-refractivity contribution in [3.63, 3.8) is 0 Å². The number of aliphatic hydroxyl groups excluding tert-OH is 1. The van der Waals surface area contributed by atoms with E-state index >= 15 is 0 Å². The third-order valence-electron chi connectivity index (χ3n) is 6.49. The summed E-state index contributed by atoms with van der Waals surface area (Å²) < 4.78 is 0. The number of aliphatic hydroxyl groups is 1. The van der Waals surface area contributed by atoms with E-state index in [9.17, 15) is 38.4 Å². The highest BCUT2D eigenvalue weighted by Crippen LogP contribution is 2.10. The Morgan fingerprint density at radius 2 is 0.800 bits per heavy atom. The van der Waals surface area contributed by atoms with Gasteiger partial charge in [0.25, 0.3) is 5.91 Å². The van der Waals surface area contributed by atoms with Gasteiger partial charge in [-0.1, -0.05) is 64.5 Å². The summed E-state index contributed by atoms with van der Waals surface area (Å²) in [6.07, 6.45) is 15.5. The fraction of sp³-hybridized carbons (Fsp3) is 0.568. The normalized spacial score (nSPS) is 9.25. The van der Waals surface area contributed by atoms with Crippen molar-refractivity contribution >= 4 is 47.6 Å². The number of hydrogen-bond acceptors (Lipinski definition) is 10. The third-order valence-corrected chi connectivity index (χ3v) is 6.49. The fourth-order valence-electron chi connectivity index (χ4n) is 3.88. The molecule has 0 aromatic carbocycles. The number of rotatable bonds is 26. The number of carbonyl (C=O) groups excluding carboxylic acids is 3. The van der Waals surface area contributed by atoms with E-state index in [0.29, 0.717) is 12.8 Å². The van der Waals surface area contributed by atoms with E-state index in [4.69, 9.17) is 30.6 Å². The van der Waals surface area contributed by atoms with Gasteiger partial charge in [-0.25, -0.2) is 0 Å². The average Bonchev–Trinajstić information content (AvgIpc) is 3.11. The summed E-state index contributed by atoms with van der Waals surface area (Å²) >= 11 is 0. The van der Waals surface area contributed by atoms with Crippen LogP contribution in [0.3, 0.4) is 0 Å². The van der Waals surface area contributed by atoms with Crippen molar-refractivity contribution in [3.05, 3.63) is 37.8 Å². The molecule has 55 heavy (non-hydrogen) atoms. The maximum atomic E-state index is 11.4. The molecule has 0 saturated heterocycles. The molecule has 18 nitrogen and oxygen atoms in total. The summed E-state index contributed by atoms with van der Waals surface area (Å²) in [6.45, 7) is 10.8. The summed E-state index contributed by atoms with van der Waals surface area (Å²) in [5.74, 6) is -1.63. The van der Waals surface area contributed by atoms with Gasteiger partial charge in [-0.2, -0.15) is 0 Å². The van der Waals surface area contributed by atoms with Gasteiger partial charge in [0.05, 0.1) is 12.2 Å². The first-order valence-electron chi connectivity index (χ1n) is 17.6. The van der Waals surface area contributed by atoms with Crippen LogP contribution >= 0.6 is 0 Å². The molecular formula is C37H60N4O14. The lowest BCUT2D eigenvalue weighted by molar-refractivity contribution is -0.143. The average molecular weight is 785 g/mol. The Morgan fingerprint density at radius 3 is 1.11 bits per heavy atom. The molecule has 0 aliphatic carbocycles. The lowest BCUT2D eigenvalue weighted by Crippen LogP contribution is -2.43. The molecule has 18 heteroatoms. The molecule has 0 radical (unpaired) electrons. The number of carbonyl (C=O) groups is 8. The number of nitrogens with zero attached hydrogens (tertiary/aromatic N) is 1. The highest BCUT2D eigenvalue weighted by molar-refractivity contribution is 6.35. The Morgan fingerprint density at radius 1 is 0.491 bits per heavy atom. The van der Waals surface area contributed by atoms with Crippen LogP contribution in [0.1, 0.15) is 103 Å². The molecule has 0 heterocycles. The Labute approximate surface area is 322 Å². The first-order chi connectivity index (χ1) is 25.9. The van der Waals surface area contributed by atoms with E-state index < -0.39 is 60.7 Å². The number of amides is 3. The van der Waals surface area contributed by atoms with Gasteiger partial charge in [0, 0.05) is 32.7 Å². The van der Waals surface area contributed by atoms with Crippen LogP contribution in [0.25, 0.3) is 0 Å². The zero-order chi connectivity index (χ0) is 43.0. The zero-order valence-electron chi connectivity index (χ0n) is 31.9. The zero-order valence-corrected chi connectivity index (χ0v) is 31.9. The van der Waals surface area contributed by atoms with Crippen LogP contribution in [0.2, 0.25) is 0 Å². The number of likely N-dealkylation sites (N-methyl/N-ethyl adjacent to an activating group) is 1. The minimum absolute atomic E-state index is 0.0212. The monoisotopic (exact) mass is 784 g/mol. The van der Waals surface area contributed by atoms with Crippen LogP contribution in [0, 0.1) is 11.8 Å². The van der Waals surface area contributed by atoms with E-state index in [2.05, 4.69) is 43.5 Å². The first kappa shape index (κ1) is 55.9. The highest BCUT2D eigenvalue weighted by Gasteiger charge is 2.15. The molecule has 312 valence electrons. The van der Waals surface area contributed by atoms with E-state index in [1.165, 1.54) is 37.6 Å². The molecule has 0 fully saturated rings. The van der Waals surface area contributed by atoms with Gasteiger partial charge in [-0.3, -0.25) is 38.4 Å². The lowest BCUT2D eigenvalue weighted by Gasteiger charge is -2.17. The SMILES string of the molecule is C=C.C=C(O)CN(C)C(=O)C(=C)NCC(=O)O.O=C(O)CCCCCCCCC#CCCCCCCCCC(=O)O.O=C(O)CNC(=O)C(=O)NCC(=O)O. The van der Waals surface area contributed by atoms with Crippen molar-refractivity contribution < 1.29 is 69.0 Å². The highest BCUT2D eigenvalue weighted by atomic mass is 16.4. The molecule has 0 aromatic rings. The molecule has 0 atom stereocenters. The van der Waals surface area contributed by atoms with Crippen molar-refractivity contribution in [2.24, 2.45) is 0 Å². The molecule has 0 bridgehead atoms. The Hall–Kier alpha value is -5.86. The number of hydrogen-bond donors (Lipinski definition) is 9. The predicted molar refractivity (Wildman–Crippen MR) is 204 cm³/mol. The molecule has 0 aliphatic heterocycles. The molecule has 0 aromatic heterocycles. The van der Waals surface area contributed by atoms with Gasteiger partial charge < -0.3 is 51.5 Å². The quantitative estimate of drug-likeness (QED) is 0.0152. The minimum Gasteiger partial charge on any atom is -0.511 e. The van der Waals surface area contributed by atoms with Crippen LogP contribution in [0.15, 0.2) is 37.8 Å². The van der Waals surface area contributed by atoms with Gasteiger partial charge in [0.2, 0.25) is 0 Å². The largest absolute Gasteiger partial charge is 0.511 e. The molecule has 0 aliphatic rings. The van der Waals surface area contributed by atoms with Gasteiger partial charge in [0.15, 0.2) is 0 Å². The molecule has 0 spiro atoms. The number of aliphatic carboxylic acids is 5. The Balaban J connectivity index is -0.000000364. The molecule has 0 unspecified atom stereocenters. The van der Waals surface area contributed by atoms with Crippen LogP contribution in [-0.4, -0.2) is 116 Å². The Bertz CT molecular complexity index is 1210. The van der Waals surface area contributed by atoms with Crippen LogP contribution in [0.5, 0.6) is 0 Å². The van der Waals surface area contributed by atoms with Gasteiger partial charge >= 0.3 is 41.7 Å². The molecule has 0 rings (SSSR count). The minimum atomic E-state index is -1.30. The van der Waals surface area contributed by atoms with E-state index in [1.807, 2.05) is 0 Å². The number of nitrogens with one attached hydrogen (secondary N) is 3. The predicted octanol–water partition coefficient (Wildman–Crippen LogP) is 3.30. The third kappa shape index (κ3) is 48.1. The van der Waals surface area contributed by atoms with Crippen molar-refractivity contribution in [2.75, 3.05) is 33.2 Å². The van der Waals surface area contributed by atoms with Crippen molar-refractivity contribution in [1.29, 1.82) is 0 Å². The maximum absolute atomic E-state index is 11.4. The van der Waals surface area contributed by atoms with E-state index in [0.717, 1.165) is 64.2 Å². The summed E-state index contributed by atoms with van der Waals surface area (Å²) in [5.41, 5.74) is -0.0406. The second-order valence-electron chi connectivity index (χ2n) is 11.5. The molecule has 9 N–H and O–H groups in total. The van der Waals surface area contributed by atoms with Crippen LogP contribution in [0.4, 0.5) is 0 Å². The molecular weight excluding hydrogens is 724 g/mol. The van der Waals surface area contributed by atoms with E-state index in [1.54, 1.807) is 10.6 Å². The Kier molecular flexibility index (Phi) is 40.0. The number of unbranched alkanes of at least 4 members (excludes halogenated alkanes) is 12. The topological polar surface area (TPSA) is 297 Å². The van der Waals surface area contributed by atoms with Crippen molar-refractivity contribution in [1.82, 2.24) is 20.9 Å². The van der Waals surface area contributed by atoms with Crippen LogP contribution < -0.4 is 16.0 Å². The standard InChI is InChI=1S/C20H34O4.C9H14N2O4.C6H8N2O6.C2H4/c21-19(22)17-15-13-11-9-7-5-3-1-2-4-6-8-10-12-14-16-18-20(23)24;1-6(12)5-11(3)9(15)7(2)10-4-8(13)14;9-3(10)1-7-5(13)6(14)8-2-4(11)12;1-2/h3-18H2,(H,21,22)(H,23,24);10,12H,1-2,4-5H2,3H3,(H,13,14);1-2H2,(H,7,13)(H,8,14)(H,9,10)(H,11,12);1-2H2. The van der Waals surface area contributed by atoms with Gasteiger partial charge in [-0.15, -0.1) is 25.0 Å². The summed E-state index contributed by atoms with van der Waals surface area (Å²) in [5, 5.41) is 56.3. The van der Waals surface area contributed by atoms with Crippen LogP contribution in [-0.2, 0) is 38.4 Å². The van der Waals surface area contributed by atoms with Crippen molar-refractivity contribution in [3.8, 4) is 11.8 Å². The molecule has 3 amide bonds. The van der Waals surface area contributed by atoms with Gasteiger partial charge in [-0.05, 0) is 25.7 Å². The smallest absolute Gasteiger partial charge is 0.322 e. The number of carboxylic acid groups (broad SMARTS) is 5. The second kappa shape index (κ2) is 39.3. The van der Waals surface area contributed by atoms with Crippen molar-refractivity contribution in [2.45, 2.75) is 103 Å². The summed E-state index contributed by atoms with van der Waals surface area (Å²) in [7, 11) is 1.44. The summed E-state index contributed by atoms with van der Waals surface area (Å²) in [4.78, 5) is 84.7. The summed E-state index contributed by atoms with van der Waals surface area (Å²) in [6, 6.07) is 0. The lowest BCUT2D eigenvalue weighted by atomic mass is 10.1. The number of carboxylic acids is 5. The fourth-order valence-corrected chi connectivity index (χ4v) is 3.88.